The van der Waals surface area contributed by atoms with Crippen LogP contribution in [0.1, 0.15) is 5.56 Å². The number of benzene rings is 1. The second-order valence-electron chi connectivity index (χ2n) is 3.54. The summed E-state index contributed by atoms with van der Waals surface area (Å²) in [6, 6.07) is 6.15. The topological polar surface area (TPSA) is 77.8 Å². The Labute approximate surface area is 107 Å². The van der Waals surface area contributed by atoms with Crippen LogP contribution in [0.4, 0.5) is 0 Å². The largest absolute Gasteiger partial charge is 0.395 e. The van der Waals surface area contributed by atoms with Gasteiger partial charge >= 0.3 is 0 Å². The molecule has 0 atom stereocenters. The van der Waals surface area contributed by atoms with E-state index in [9.17, 15) is 8.42 Å². The number of likely N-dealkylation sites (N-methyl/N-ethyl adjacent to an activating group) is 1. The average molecular weight is 269 g/mol. The Hall–Kier alpha value is -1.39. The first-order valence-electron chi connectivity index (χ1n) is 5.29. The molecule has 0 fully saturated rings. The normalized spacial score (nSPS) is 11.1. The van der Waals surface area contributed by atoms with E-state index in [1.165, 1.54) is 19.2 Å². The molecule has 0 saturated carbocycles. The van der Waals surface area contributed by atoms with Crippen LogP contribution >= 0.6 is 0 Å². The Bertz CT molecular complexity index is 557. The number of aliphatic hydroxyl groups excluding tert-OH is 2. The monoisotopic (exact) mass is 269 g/mol. The van der Waals surface area contributed by atoms with Gasteiger partial charge in [-0.15, -0.1) is 0 Å². The third kappa shape index (κ3) is 3.55. The number of hydrogen-bond donors (Lipinski definition) is 2. The maximum Gasteiger partial charge on any atom is 0.242 e. The lowest BCUT2D eigenvalue weighted by atomic mass is 10.2. The Morgan fingerprint density at radius 3 is 2.67 bits per heavy atom. The first kappa shape index (κ1) is 14.7. The molecule has 0 amide bonds. The lowest BCUT2D eigenvalue weighted by Gasteiger charge is -2.15. The summed E-state index contributed by atoms with van der Waals surface area (Å²) in [5.41, 5.74) is 0.516. The standard InChI is InChI=1S/C12H15NO4S/c1-13(7-9-15)18(16,17)12-6-2-4-11(10-12)5-3-8-14/h2,4,6,10,14-15H,7-9H2,1H3. The van der Waals surface area contributed by atoms with Crippen molar-refractivity contribution in [3.8, 4) is 11.8 Å². The molecule has 18 heavy (non-hydrogen) atoms. The average Bonchev–Trinajstić information content (AvgIpc) is 2.37. The minimum atomic E-state index is -3.61. The fourth-order valence-electron chi connectivity index (χ4n) is 1.32. The van der Waals surface area contributed by atoms with Crippen molar-refractivity contribution in [1.29, 1.82) is 0 Å². The molecule has 98 valence electrons. The van der Waals surface area contributed by atoms with Crippen LogP contribution in [0.3, 0.4) is 0 Å². The predicted molar refractivity (Wildman–Crippen MR) is 67.3 cm³/mol. The molecular formula is C12H15NO4S. The maximum absolute atomic E-state index is 12.1. The van der Waals surface area contributed by atoms with Gasteiger partial charge in [0, 0.05) is 19.2 Å². The molecule has 6 heteroatoms. The van der Waals surface area contributed by atoms with Crippen molar-refractivity contribution in [1.82, 2.24) is 4.31 Å². The fourth-order valence-corrected chi connectivity index (χ4v) is 2.53. The Balaban J connectivity index is 3.10. The molecule has 0 aromatic heterocycles. The van der Waals surface area contributed by atoms with Gasteiger partial charge in [-0.2, -0.15) is 4.31 Å². The van der Waals surface area contributed by atoms with Crippen molar-refractivity contribution in [2.45, 2.75) is 4.90 Å². The summed E-state index contributed by atoms with van der Waals surface area (Å²) in [6.45, 7) is -0.476. The molecule has 1 aromatic rings. The number of aliphatic hydroxyl groups is 2. The molecule has 5 nitrogen and oxygen atoms in total. The van der Waals surface area contributed by atoms with Gasteiger partial charge in [-0.05, 0) is 18.2 Å². The van der Waals surface area contributed by atoms with Crippen LogP contribution in [0.25, 0.3) is 0 Å². The summed E-state index contributed by atoms with van der Waals surface area (Å²) in [5.74, 6) is 5.10. The van der Waals surface area contributed by atoms with Crippen molar-refractivity contribution < 1.29 is 18.6 Å². The zero-order chi connectivity index (χ0) is 13.6. The highest BCUT2D eigenvalue weighted by molar-refractivity contribution is 7.89. The van der Waals surface area contributed by atoms with Gasteiger partial charge in [0.25, 0.3) is 0 Å². The van der Waals surface area contributed by atoms with Gasteiger partial charge in [0.1, 0.15) is 6.61 Å². The third-order valence-corrected chi connectivity index (χ3v) is 4.12. The van der Waals surface area contributed by atoms with Crippen molar-refractivity contribution in [3.63, 3.8) is 0 Å². The Morgan fingerprint density at radius 2 is 2.06 bits per heavy atom. The van der Waals surface area contributed by atoms with Crippen LogP contribution in [0.2, 0.25) is 0 Å². The molecule has 0 bridgehead atoms. The minimum Gasteiger partial charge on any atom is -0.395 e. The molecule has 0 unspecified atom stereocenters. The first-order chi connectivity index (χ1) is 8.52. The Morgan fingerprint density at radius 1 is 1.33 bits per heavy atom. The smallest absolute Gasteiger partial charge is 0.242 e. The summed E-state index contributed by atoms with van der Waals surface area (Å²) >= 11 is 0. The molecule has 0 heterocycles. The second kappa shape index (κ2) is 6.52. The number of hydrogen-bond acceptors (Lipinski definition) is 4. The van der Waals surface area contributed by atoms with Gasteiger partial charge in [-0.25, -0.2) is 8.42 Å². The Kier molecular flexibility index (Phi) is 5.31. The summed E-state index contributed by atoms with van der Waals surface area (Å²) in [7, 11) is -2.21. The van der Waals surface area contributed by atoms with Gasteiger partial charge in [0.05, 0.1) is 11.5 Å². The molecule has 0 spiro atoms. The van der Waals surface area contributed by atoms with Crippen LogP contribution in [0.15, 0.2) is 29.2 Å². The summed E-state index contributed by atoms with van der Waals surface area (Å²) in [4.78, 5) is 0.114. The highest BCUT2D eigenvalue weighted by Crippen LogP contribution is 2.15. The quantitative estimate of drug-likeness (QED) is 0.732. The van der Waals surface area contributed by atoms with E-state index in [-0.39, 0.29) is 24.7 Å². The molecule has 0 aliphatic rings. The van der Waals surface area contributed by atoms with Crippen LogP contribution in [0, 0.1) is 11.8 Å². The second-order valence-corrected chi connectivity index (χ2v) is 5.58. The van der Waals surface area contributed by atoms with E-state index in [0.29, 0.717) is 5.56 Å². The zero-order valence-electron chi connectivity index (χ0n) is 10.00. The van der Waals surface area contributed by atoms with Crippen LogP contribution in [0.5, 0.6) is 0 Å². The summed E-state index contributed by atoms with van der Waals surface area (Å²) < 4.78 is 25.2. The molecule has 1 aromatic carbocycles. The van der Waals surface area contributed by atoms with E-state index >= 15 is 0 Å². The molecule has 0 aliphatic carbocycles. The number of rotatable bonds is 4. The van der Waals surface area contributed by atoms with Gasteiger partial charge in [0.2, 0.25) is 10.0 Å². The van der Waals surface area contributed by atoms with Gasteiger partial charge in [-0.3, -0.25) is 0 Å². The molecule has 2 N–H and O–H groups in total. The van der Waals surface area contributed by atoms with Crippen LogP contribution in [-0.4, -0.2) is 49.7 Å². The van der Waals surface area contributed by atoms with E-state index in [0.717, 1.165) is 4.31 Å². The highest BCUT2D eigenvalue weighted by Gasteiger charge is 2.19. The van der Waals surface area contributed by atoms with Crippen molar-refractivity contribution in [2.75, 3.05) is 26.8 Å². The number of sulfonamides is 1. The highest BCUT2D eigenvalue weighted by atomic mass is 32.2. The van der Waals surface area contributed by atoms with E-state index in [2.05, 4.69) is 11.8 Å². The third-order valence-electron chi connectivity index (χ3n) is 2.27. The van der Waals surface area contributed by atoms with E-state index in [1.807, 2.05) is 0 Å². The van der Waals surface area contributed by atoms with Crippen molar-refractivity contribution in [2.24, 2.45) is 0 Å². The first-order valence-corrected chi connectivity index (χ1v) is 6.73. The molecule has 1 rings (SSSR count). The van der Waals surface area contributed by atoms with Gasteiger partial charge in [0.15, 0.2) is 0 Å². The van der Waals surface area contributed by atoms with Crippen LogP contribution in [-0.2, 0) is 10.0 Å². The summed E-state index contributed by atoms with van der Waals surface area (Å²) in [5, 5.41) is 17.3. The SMILES string of the molecule is CN(CCO)S(=O)(=O)c1cccc(C#CCO)c1. The molecule has 0 saturated heterocycles. The van der Waals surface area contributed by atoms with E-state index in [4.69, 9.17) is 10.2 Å². The fraction of sp³-hybridized carbons (Fsp3) is 0.333. The lowest BCUT2D eigenvalue weighted by molar-refractivity contribution is 0.266. The van der Waals surface area contributed by atoms with Gasteiger partial charge < -0.3 is 10.2 Å². The lowest BCUT2D eigenvalue weighted by Crippen LogP contribution is -2.29. The maximum atomic E-state index is 12.1. The zero-order valence-corrected chi connectivity index (χ0v) is 10.8. The molecule has 0 radical (unpaired) electrons. The molecular weight excluding hydrogens is 254 g/mol. The predicted octanol–water partition coefficient (Wildman–Crippen LogP) is -0.357. The van der Waals surface area contributed by atoms with Crippen molar-refractivity contribution in [3.05, 3.63) is 29.8 Å². The van der Waals surface area contributed by atoms with E-state index < -0.39 is 10.0 Å². The summed E-state index contributed by atoms with van der Waals surface area (Å²) in [6.07, 6.45) is 0. The van der Waals surface area contributed by atoms with Crippen LogP contribution < -0.4 is 0 Å². The van der Waals surface area contributed by atoms with E-state index in [1.54, 1.807) is 12.1 Å². The van der Waals surface area contributed by atoms with Crippen molar-refractivity contribution >= 4 is 10.0 Å². The number of nitrogens with zero attached hydrogens (tertiary/aromatic N) is 1. The minimum absolute atomic E-state index is 0.0366. The van der Waals surface area contributed by atoms with Gasteiger partial charge in [-0.1, -0.05) is 17.9 Å². The molecule has 0 aliphatic heterocycles.